The van der Waals surface area contributed by atoms with Crippen LogP contribution >= 0.6 is 0 Å². The van der Waals surface area contributed by atoms with Crippen LogP contribution in [-0.4, -0.2) is 72.9 Å². The van der Waals surface area contributed by atoms with Gasteiger partial charge >= 0.3 is 30.8 Å². The fourth-order valence-corrected chi connectivity index (χ4v) is 4.71. The van der Waals surface area contributed by atoms with Crippen molar-refractivity contribution in [2.24, 2.45) is 0 Å². The monoisotopic (exact) mass is 642 g/mol. The molecule has 0 saturated heterocycles. The first kappa shape index (κ1) is 39.8. The molecule has 0 spiro atoms. The van der Waals surface area contributed by atoms with Gasteiger partial charge in [-0.2, -0.15) is 0 Å². The number of carboxylic acids is 2. The Morgan fingerprint density at radius 3 is 1.07 bits per heavy atom. The molecular formula is C32H32AlLiO12. The summed E-state index contributed by atoms with van der Waals surface area (Å²) in [6.07, 6.45) is 0. The van der Waals surface area contributed by atoms with Gasteiger partial charge in [-0.25, -0.2) is 9.59 Å². The second-order valence-electron chi connectivity index (χ2n) is 8.93. The largest absolute Gasteiger partial charge is 1.00 e. The Morgan fingerprint density at radius 1 is 0.543 bits per heavy atom. The summed E-state index contributed by atoms with van der Waals surface area (Å²) < 4.78 is 9.54. The SMILES string of the molecule is O=COc1cccc(C(=O)O)c1-c1c(OC=O)cccc1C(=O)O.OCc1cccc(CO)c1-c1c(CO)cccc1CO.[AlH3].[H-].[Li+]. The molecule has 0 bridgehead atoms. The van der Waals surface area contributed by atoms with E-state index in [9.17, 15) is 49.8 Å². The van der Waals surface area contributed by atoms with E-state index in [1.807, 2.05) is 0 Å². The smallest absolute Gasteiger partial charge is 1.00 e. The quantitative estimate of drug-likeness (QED) is 0.0819. The van der Waals surface area contributed by atoms with E-state index >= 15 is 0 Å². The van der Waals surface area contributed by atoms with Gasteiger partial charge in [0.1, 0.15) is 11.5 Å². The van der Waals surface area contributed by atoms with Crippen molar-refractivity contribution in [3.05, 3.63) is 106 Å². The summed E-state index contributed by atoms with van der Waals surface area (Å²) in [4.78, 5) is 44.4. The number of benzene rings is 4. The van der Waals surface area contributed by atoms with Gasteiger partial charge in [0.15, 0.2) is 17.4 Å². The first-order valence-corrected chi connectivity index (χ1v) is 12.9. The number of aliphatic hydroxyl groups is 4. The molecule has 236 valence electrons. The van der Waals surface area contributed by atoms with Crippen molar-refractivity contribution in [2.75, 3.05) is 0 Å². The molecule has 4 aromatic rings. The van der Waals surface area contributed by atoms with Gasteiger partial charge in [0.2, 0.25) is 0 Å². The van der Waals surface area contributed by atoms with E-state index in [2.05, 4.69) is 0 Å². The summed E-state index contributed by atoms with van der Waals surface area (Å²) in [7, 11) is 0. The number of aromatic carboxylic acids is 2. The number of carbonyl (C=O) groups is 4. The molecule has 12 nitrogen and oxygen atoms in total. The Bertz CT molecular complexity index is 1510. The molecule has 0 unspecified atom stereocenters. The third-order valence-corrected chi connectivity index (χ3v) is 6.52. The van der Waals surface area contributed by atoms with Crippen molar-refractivity contribution in [1.82, 2.24) is 0 Å². The van der Waals surface area contributed by atoms with Gasteiger partial charge in [-0.05, 0) is 57.6 Å². The van der Waals surface area contributed by atoms with E-state index in [4.69, 9.17) is 9.47 Å². The Labute approximate surface area is 287 Å². The molecule has 46 heavy (non-hydrogen) atoms. The Balaban J connectivity index is 0.000000858. The first-order valence-electron chi connectivity index (χ1n) is 12.9. The van der Waals surface area contributed by atoms with Crippen LogP contribution < -0.4 is 28.3 Å². The van der Waals surface area contributed by atoms with Gasteiger partial charge in [0, 0.05) is 11.1 Å². The van der Waals surface area contributed by atoms with Crippen LogP contribution in [0.3, 0.4) is 0 Å². The van der Waals surface area contributed by atoms with Crippen LogP contribution in [0.2, 0.25) is 0 Å². The number of rotatable bonds is 12. The Morgan fingerprint density at radius 2 is 0.826 bits per heavy atom. The summed E-state index contributed by atoms with van der Waals surface area (Å²) in [5.74, 6) is -3.12. The maximum atomic E-state index is 11.5. The molecule has 4 rings (SSSR count). The minimum absolute atomic E-state index is 0. The Kier molecular flexibility index (Phi) is 16.7. The fourth-order valence-electron chi connectivity index (χ4n) is 4.71. The van der Waals surface area contributed by atoms with Crippen LogP contribution in [0, 0.1) is 0 Å². The number of hydrogen-bond acceptors (Lipinski definition) is 10. The third kappa shape index (κ3) is 8.92. The van der Waals surface area contributed by atoms with Gasteiger partial charge in [0.05, 0.1) is 37.6 Å². The molecule has 0 saturated carbocycles. The van der Waals surface area contributed by atoms with Crippen molar-refractivity contribution in [3.63, 3.8) is 0 Å². The van der Waals surface area contributed by atoms with Crippen LogP contribution in [0.25, 0.3) is 22.3 Å². The van der Waals surface area contributed by atoms with Crippen LogP contribution in [0.4, 0.5) is 0 Å². The van der Waals surface area contributed by atoms with E-state index in [1.165, 1.54) is 36.4 Å². The van der Waals surface area contributed by atoms with Gasteiger partial charge in [-0.3, -0.25) is 9.59 Å². The van der Waals surface area contributed by atoms with Crippen molar-refractivity contribution in [2.45, 2.75) is 26.4 Å². The number of ether oxygens (including phenoxy) is 2. The van der Waals surface area contributed by atoms with E-state index < -0.39 is 11.9 Å². The molecule has 0 amide bonds. The summed E-state index contributed by atoms with van der Waals surface area (Å²) in [6, 6.07) is 18.3. The van der Waals surface area contributed by atoms with E-state index in [1.54, 1.807) is 36.4 Å². The number of carbonyl (C=O) groups excluding carboxylic acids is 2. The zero-order valence-electron chi connectivity index (χ0n) is 25.0. The molecule has 14 heteroatoms. The van der Waals surface area contributed by atoms with Crippen molar-refractivity contribution in [1.29, 1.82) is 0 Å². The third-order valence-electron chi connectivity index (χ3n) is 6.52. The average Bonchev–Trinajstić information content (AvgIpc) is 3.04. The molecule has 0 aliphatic rings. The average molecular weight is 643 g/mol. The van der Waals surface area contributed by atoms with Crippen LogP contribution in [-0.2, 0) is 36.0 Å². The maximum Gasteiger partial charge on any atom is 1.00 e. The predicted octanol–water partition coefficient (Wildman–Crippen LogP) is -0.924. The summed E-state index contributed by atoms with van der Waals surface area (Å²) in [6.45, 7) is -0.536. The van der Waals surface area contributed by atoms with Crippen LogP contribution in [0.15, 0.2) is 72.8 Å². The number of hydrogen-bond donors (Lipinski definition) is 6. The molecule has 6 N–H and O–H groups in total. The zero-order valence-corrected chi connectivity index (χ0v) is 24.0. The molecule has 0 atom stereocenters. The molecule has 0 aromatic heterocycles. The van der Waals surface area contributed by atoms with Crippen molar-refractivity contribution in [3.8, 4) is 33.8 Å². The minimum atomic E-state index is -1.38. The fraction of sp³-hybridized carbons (Fsp3) is 0.125. The van der Waals surface area contributed by atoms with Gasteiger partial charge in [-0.1, -0.05) is 48.5 Å². The molecule has 0 fully saturated rings. The molecular weight excluding hydrogens is 610 g/mol. The van der Waals surface area contributed by atoms with Crippen LogP contribution in [0.1, 0.15) is 44.4 Å². The summed E-state index contributed by atoms with van der Waals surface area (Å²) >= 11 is 0. The first-order chi connectivity index (χ1) is 21.3. The van der Waals surface area contributed by atoms with Crippen molar-refractivity contribution >= 4 is 42.2 Å². The Hall–Kier alpha value is -4.27. The number of carboxylic acid groups (broad SMARTS) is 2. The molecule has 0 radical (unpaired) electrons. The molecule has 0 aliphatic heterocycles. The van der Waals surface area contributed by atoms with E-state index in [0.717, 1.165) is 0 Å². The van der Waals surface area contributed by atoms with Gasteiger partial charge in [0.25, 0.3) is 12.9 Å². The molecule has 4 aromatic carbocycles. The maximum absolute atomic E-state index is 11.5. The molecule has 0 aliphatic carbocycles. The second-order valence-corrected chi connectivity index (χ2v) is 8.93. The molecule has 0 heterocycles. The van der Waals surface area contributed by atoms with Crippen molar-refractivity contribution < 1.29 is 79.6 Å². The standard InChI is InChI=1S/C16H10O8.C16H18O4.Al.Li.4H/c17-7-23-11-5-1-3-9(15(19)20)13(11)14-10(16(21)22)4-2-6-12(14)24-8-18;17-7-11-3-1-4-12(8-18)15(11)16-13(9-19)5-2-6-14(16)10-20;;;;;;/h1-8H,(H,19,20)(H,21,22);1-6,17-20H,7-10H2;;;;;;/q;;;+1;;;;-1. The normalized spacial score (nSPS) is 9.83. The second kappa shape index (κ2) is 19.3. The topological polar surface area (TPSA) is 208 Å². The minimum Gasteiger partial charge on any atom is -1.00 e. The van der Waals surface area contributed by atoms with Crippen LogP contribution in [0.5, 0.6) is 11.5 Å². The van der Waals surface area contributed by atoms with E-state index in [-0.39, 0.29) is 111 Å². The van der Waals surface area contributed by atoms with Gasteiger partial charge < -0.3 is 41.5 Å². The number of aliphatic hydroxyl groups excluding tert-OH is 4. The predicted molar refractivity (Wildman–Crippen MR) is 166 cm³/mol. The summed E-state index contributed by atoms with van der Waals surface area (Å²) in [5.41, 5.74) is 2.99. The summed E-state index contributed by atoms with van der Waals surface area (Å²) in [5, 5.41) is 56.8. The zero-order chi connectivity index (χ0) is 32.2. The van der Waals surface area contributed by atoms with Gasteiger partial charge in [-0.15, -0.1) is 0 Å². The van der Waals surface area contributed by atoms with E-state index in [0.29, 0.717) is 33.4 Å².